The lowest BCUT2D eigenvalue weighted by atomic mass is 10.4. The van der Waals surface area contributed by atoms with E-state index in [0.717, 1.165) is 6.29 Å². The van der Waals surface area contributed by atoms with Crippen LogP contribution in [0.2, 0.25) is 0 Å². The molecule has 0 bridgehead atoms. The third-order valence-corrected chi connectivity index (χ3v) is 0.993. The van der Waals surface area contributed by atoms with Gasteiger partial charge in [-0.3, -0.25) is 5.09 Å². The van der Waals surface area contributed by atoms with Crippen LogP contribution in [0.1, 0.15) is 6.92 Å². The molecule has 0 aromatic heterocycles. The highest BCUT2D eigenvalue weighted by atomic mass is 31.0. The monoisotopic (exact) mass is 105 g/mol. The molecule has 0 aliphatic rings. The molecule has 0 radical (unpaired) electrons. The first-order valence-corrected chi connectivity index (χ1v) is 2.30. The van der Waals surface area contributed by atoms with Crippen LogP contribution in [0.15, 0.2) is 0 Å². The predicted octanol–water partition coefficient (Wildman–Crippen LogP) is -0.0465. The summed E-state index contributed by atoms with van der Waals surface area (Å²) in [5.41, 5.74) is 0. The van der Waals surface area contributed by atoms with Gasteiger partial charge in [-0.2, -0.15) is 0 Å². The van der Waals surface area contributed by atoms with Crippen molar-refractivity contribution in [3.63, 3.8) is 0 Å². The van der Waals surface area contributed by atoms with Crippen molar-refractivity contribution < 1.29 is 4.79 Å². The molecule has 0 spiro atoms. The van der Waals surface area contributed by atoms with Crippen LogP contribution in [0.25, 0.3) is 0 Å². The van der Waals surface area contributed by atoms with Gasteiger partial charge in [0, 0.05) is 0 Å². The molecule has 0 aromatic carbocycles. The summed E-state index contributed by atoms with van der Waals surface area (Å²) in [5.74, 6) is 0. The lowest BCUT2D eigenvalue weighted by Gasteiger charge is -1.93. The summed E-state index contributed by atoms with van der Waals surface area (Å²) in [7, 11) is 2.26. The van der Waals surface area contributed by atoms with Crippen LogP contribution in [-0.4, -0.2) is 12.3 Å². The number of rotatable bonds is 2. The number of nitrogens with one attached hydrogen (secondary N) is 1. The van der Waals surface area contributed by atoms with E-state index in [1.54, 1.807) is 6.92 Å². The molecular weight excluding hydrogens is 97.0 g/mol. The average Bonchev–Trinajstić information content (AvgIpc) is 1.65. The average molecular weight is 105 g/mol. The fourth-order valence-corrected chi connectivity index (χ4v) is 0.118. The Balaban J connectivity index is 2.96. The number of carbonyl (C=O) groups is 1. The van der Waals surface area contributed by atoms with Crippen LogP contribution in [0.5, 0.6) is 0 Å². The largest absolute Gasteiger partial charge is 0.302 e. The lowest BCUT2D eigenvalue weighted by Crippen LogP contribution is -2.15. The van der Waals surface area contributed by atoms with Crippen LogP contribution in [0.3, 0.4) is 0 Å². The molecule has 0 saturated heterocycles. The Bertz CT molecular complexity index is 48.1. The van der Waals surface area contributed by atoms with Crippen LogP contribution in [-0.2, 0) is 4.79 Å². The Morgan fingerprint density at radius 2 is 2.50 bits per heavy atom. The van der Waals surface area contributed by atoms with Gasteiger partial charge >= 0.3 is 0 Å². The summed E-state index contributed by atoms with van der Waals surface area (Å²) < 4.78 is 0. The number of carbonyl (C=O) groups excluding carboxylic acids is 1. The molecule has 0 heterocycles. The van der Waals surface area contributed by atoms with Crippen molar-refractivity contribution in [1.82, 2.24) is 5.09 Å². The molecule has 2 nitrogen and oxygen atoms in total. The maximum atomic E-state index is 9.66. The van der Waals surface area contributed by atoms with E-state index in [1.807, 2.05) is 0 Å². The Morgan fingerprint density at radius 1 is 2.00 bits per heavy atom. The van der Waals surface area contributed by atoms with Crippen LogP contribution < -0.4 is 5.09 Å². The Hall–Kier alpha value is 0.0600. The fourth-order valence-electron chi connectivity index (χ4n) is 0.0393. The number of hydrogen-bond donors (Lipinski definition) is 1. The standard InChI is InChI=1S/C3H8NOP/c1-3(2-5)4-6/h2-4H,6H2,1H3. The Kier molecular flexibility index (Phi) is 3.29. The summed E-state index contributed by atoms with van der Waals surface area (Å²) in [6.07, 6.45) is 0.840. The molecule has 0 aliphatic heterocycles. The molecule has 6 heavy (non-hydrogen) atoms. The highest BCUT2D eigenvalue weighted by Crippen LogP contribution is 1.75. The van der Waals surface area contributed by atoms with Crippen LogP contribution in [0.4, 0.5) is 0 Å². The van der Waals surface area contributed by atoms with Crippen molar-refractivity contribution in [3.05, 3.63) is 0 Å². The zero-order valence-corrected chi connectivity index (χ0v) is 4.79. The van der Waals surface area contributed by atoms with Crippen molar-refractivity contribution in [2.75, 3.05) is 0 Å². The third-order valence-electron chi connectivity index (χ3n) is 0.467. The maximum absolute atomic E-state index is 9.66. The summed E-state index contributed by atoms with van der Waals surface area (Å²) in [4.78, 5) is 9.66. The molecule has 0 aromatic rings. The van der Waals surface area contributed by atoms with E-state index in [0.29, 0.717) is 0 Å². The predicted molar refractivity (Wildman–Crippen MR) is 28.4 cm³/mol. The Morgan fingerprint density at radius 3 is 2.50 bits per heavy atom. The van der Waals surface area contributed by atoms with Gasteiger partial charge in [-0.25, -0.2) is 0 Å². The second-order valence-corrected chi connectivity index (χ2v) is 1.42. The minimum atomic E-state index is -0.0324. The normalized spacial score (nSPS) is 13.7. The Labute approximate surface area is 39.6 Å². The highest BCUT2D eigenvalue weighted by Gasteiger charge is 1.87. The second-order valence-electron chi connectivity index (χ2n) is 1.09. The molecule has 0 aliphatic carbocycles. The van der Waals surface area contributed by atoms with E-state index in [4.69, 9.17) is 0 Å². The van der Waals surface area contributed by atoms with Crippen LogP contribution in [0, 0.1) is 0 Å². The van der Waals surface area contributed by atoms with E-state index in [1.165, 1.54) is 0 Å². The van der Waals surface area contributed by atoms with Gasteiger partial charge < -0.3 is 4.79 Å². The van der Waals surface area contributed by atoms with Gasteiger partial charge in [-0.1, -0.05) is 9.39 Å². The van der Waals surface area contributed by atoms with Gasteiger partial charge in [0.25, 0.3) is 0 Å². The van der Waals surface area contributed by atoms with Gasteiger partial charge in [-0.15, -0.1) is 0 Å². The van der Waals surface area contributed by atoms with Crippen molar-refractivity contribution in [2.45, 2.75) is 13.0 Å². The third kappa shape index (κ3) is 2.31. The fraction of sp³-hybridized carbons (Fsp3) is 0.667. The topological polar surface area (TPSA) is 29.1 Å². The zero-order chi connectivity index (χ0) is 4.99. The molecule has 1 N–H and O–H groups in total. The molecule has 0 amide bonds. The minimum Gasteiger partial charge on any atom is -0.302 e. The highest BCUT2D eigenvalue weighted by molar-refractivity contribution is 7.13. The summed E-state index contributed by atoms with van der Waals surface area (Å²) in [6, 6.07) is -0.0324. The van der Waals surface area contributed by atoms with E-state index in [-0.39, 0.29) is 6.04 Å². The first kappa shape index (κ1) is 6.06. The zero-order valence-electron chi connectivity index (χ0n) is 3.64. The number of aldehydes is 1. The lowest BCUT2D eigenvalue weighted by molar-refractivity contribution is -0.108. The molecule has 2 atom stereocenters. The smallest absolute Gasteiger partial charge is 0.136 e. The molecule has 2 unspecified atom stereocenters. The van der Waals surface area contributed by atoms with E-state index >= 15 is 0 Å². The van der Waals surface area contributed by atoms with E-state index in [2.05, 4.69) is 14.5 Å². The van der Waals surface area contributed by atoms with Gasteiger partial charge in [-0.05, 0) is 6.92 Å². The first-order chi connectivity index (χ1) is 2.81. The van der Waals surface area contributed by atoms with E-state index in [9.17, 15) is 4.79 Å². The number of hydrogen-bond acceptors (Lipinski definition) is 2. The van der Waals surface area contributed by atoms with Crippen molar-refractivity contribution in [3.8, 4) is 0 Å². The van der Waals surface area contributed by atoms with Crippen molar-refractivity contribution in [2.24, 2.45) is 0 Å². The van der Waals surface area contributed by atoms with Gasteiger partial charge in [0.2, 0.25) is 0 Å². The van der Waals surface area contributed by atoms with Gasteiger partial charge in [0.1, 0.15) is 6.29 Å². The van der Waals surface area contributed by atoms with E-state index < -0.39 is 0 Å². The summed E-state index contributed by atoms with van der Waals surface area (Å²) in [5, 5.41) is 2.66. The maximum Gasteiger partial charge on any atom is 0.136 e. The summed E-state index contributed by atoms with van der Waals surface area (Å²) >= 11 is 0. The van der Waals surface area contributed by atoms with Gasteiger partial charge in [0.15, 0.2) is 0 Å². The molecule has 3 heteroatoms. The molecular formula is C3H8NOP. The minimum absolute atomic E-state index is 0.0324. The molecule has 0 rings (SSSR count). The van der Waals surface area contributed by atoms with Crippen molar-refractivity contribution >= 4 is 15.7 Å². The quantitative estimate of drug-likeness (QED) is 0.394. The SMILES string of the molecule is CC(C=O)NP. The first-order valence-electron chi connectivity index (χ1n) is 1.72. The van der Waals surface area contributed by atoms with Crippen LogP contribution >= 0.6 is 9.39 Å². The molecule has 0 saturated carbocycles. The van der Waals surface area contributed by atoms with Gasteiger partial charge in [0.05, 0.1) is 6.04 Å². The summed E-state index contributed by atoms with van der Waals surface area (Å²) in [6.45, 7) is 1.78. The molecule has 0 fully saturated rings. The second kappa shape index (κ2) is 3.26. The van der Waals surface area contributed by atoms with Crippen molar-refractivity contribution in [1.29, 1.82) is 0 Å². The molecule has 36 valence electrons.